The molecule has 160 valence electrons. The van der Waals surface area contributed by atoms with E-state index in [-0.39, 0.29) is 17.5 Å². The van der Waals surface area contributed by atoms with Crippen LogP contribution < -0.4 is 15.5 Å². The van der Waals surface area contributed by atoms with E-state index < -0.39 is 5.54 Å². The molecule has 1 aromatic rings. The minimum atomic E-state index is -0.529. The maximum absolute atomic E-state index is 13.2. The van der Waals surface area contributed by atoms with Crippen LogP contribution in [0.2, 0.25) is 0 Å². The number of carbonyl (C=O) groups excluding carboxylic acids is 2. The molecule has 4 saturated carbocycles. The Morgan fingerprint density at radius 2 is 1.57 bits per heavy atom. The van der Waals surface area contributed by atoms with Crippen molar-refractivity contribution in [3.63, 3.8) is 0 Å². The number of carbonyl (C=O) groups is 2. The summed E-state index contributed by atoms with van der Waals surface area (Å²) >= 11 is 0. The first-order chi connectivity index (χ1) is 14.6. The van der Waals surface area contributed by atoms with Crippen LogP contribution in [0.5, 0.6) is 0 Å². The maximum Gasteiger partial charge on any atom is 0.317 e. The van der Waals surface area contributed by atoms with Gasteiger partial charge in [0.05, 0.1) is 6.67 Å². The number of anilines is 1. The van der Waals surface area contributed by atoms with Crippen molar-refractivity contribution in [3.8, 4) is 0 Å². The Balaban J connectivity index is 1.14. The summed E-state index contributed by atoms with van der Waals surface area (Å²) in [4.78, 5) is 30.2. The number of hydrogen-bond donors (Lipinski definition) is 2. The van der Waals surface area contributed by atoms with Crippen LogP contribution in [-0.2, 0) is 4.79 Å². The molecule has 7 rings (SSSR count). The largest absolute Gasteiger partial charge is 0.339 e. The fourth-order valence-electron chi connectivity index (χ4n) is 7.68. The highest BCUT2D eigenvalue weighted by Gasteiger charge is 2.53. The Morgan fingerprint density at radius 1 is 0.967 bits per heavy atom. The van der Waals surface area contributed by atoms with Gasteiger partial charge >= 0.3 is 6.03 Å². The predicted molar refractivity (Wildman–Crippen MR) is 115 cm³/mol. The minimum Gasteiger partial charge on any atom is -0.339 e. The number of para-hydroxylation sites is 1. The second-order valence-electron chi connectivity index (χ2n) is 10.6. The Hall–Kier alpha value is -2.24. The highest BCUT2D eigenvalue weighted by Crippen LogP contribution is 2.55. The van der Waals surface area contributed by atoms with Crippen molar-refractivity contribution in [1.29, 1.82) is 0 Å². The number of nitrogens with one attached hydrogen (secondary N) is 2. The molecule has 2 aliphatic heterocycles. The van der Waals surface area contributed by atoms with Crippen LogP contribution in [0.25, 0.3) is 0 Å². The average molecular weight is 409 g/mol. The summed E-state index contributed by atoms with van der Waals surface area (Å²) in [6, 6.07) is 10.2. The van der Waals surface area contributed by atoms with E-state index in [9.17, 15) is 9.59 Å². The van der Waals surface area contributed by atoms with Gasteiger partial charge in [-0.25, -0.2) is 4.79 Å². The Labute approximate surface area is 178 Å². The standard InChI is InChI=1S/C24H32N4O2/c29-21-24(28(16-25-21)20-4-2-1-3-5-20)6-8-27(9-7-24)22(30)26-23-13-17-10-18(14-23)12-19(11-17)15-23/h1-5,17-19H,6-16H2,(H,25,29)(H,26,30). The van der Waals surface area contributed by atoms with Gasteiger partial charge in [0.1, 0.15) is 5.54 Å². The van der Waals surface area contributed by atoms with Gasteiger partial charge in [-0.3, -0.25) is 4.79 Å². The Bertz CT molecular complexity index is 811. The summed E-state index contributed by atoms with van der Waals surface area (Å²) in [6.07, 6.45) is 9.03. The molecule has 0 unspecified atom stereocenters. The van der Waals surface area contributed by atoms with Crippen molar-refractivity contribution in [2.45, 2.75) is 62.4 Å². The van der Waals surface area contributed by atoms with E-state index in [1.54, 1.807) is 0 Å². The molecule has 2 saturated heterocycles. The molecule has 6 nitrogen and oxygen atoms in total. The molecule has 0 atom stereocenters. The van der Waals surface area contributed by atoms with Crippen molar-refractivity contribution in [2.75, 3.05) is 24.7 Å². The Kier molecular flexibility index (Phi) is 4.09. The zero-order valence-corrected chi connectivity index (χ0v) is 17.6. The summed E-state index contributed by atoms with van der Waals surface area (Å²) < 4.78 is 0. The fraction of sp³-hybridized carbons (Fsp3) is 0.667. The normalized spacial score (nSPS) is 36.3. The van der Waals surface area contributed by atoms with Crippen LogP contribution in [0.3, 0.4) is 0 Å². The molecule has 1 aromatic carbocycles. The van der Waals surface area contributed by atoms with Crippen LogP contribution in [0.4, 0.5) is 10.5 Å². The summed E-state index contributed by atoms with van der Waals surface area (Å²) in [5.74, 6) is 2.57. The number of piperidine rings is 1. The summed E-state index contributed by atoms with van der Waals surface area (Å²) in [5, 5.41) is 6.54. The van der Waals surface area contributed by atoms with E-state index in [1.165, 1.54) is 38.5 Å². The third-order valence-electron chi connectivity index (χ3n) is 8.69. The van der Waals surface area contributed by atoms with Crippen LogP contribution in [0.15, 0.2) is 30.3 Å². The first-order valence-corrected chi connectivity index (χ1v) is 11.7. The van der Waals surface area contributed by atoms with Gasteiger partial charge in [0, 0.05) is 24.3 Å². The van der Waals surface area contributed by atoms with Crippen LogP contribution >= 0.6 is 0 Å². The predicted octanol–water partition coefficient (Wildman–Crippen LogP) is 3.09. The van der Waals surface area contributed by atoms with Gasteiger partial charge in [-0.15, -0.1) is 0 Å². The average Bonchev–Trinajstić information content (AvgIpc) is 3.03. The quantitative estimate of drug-likeness (QED) is 0.790. The van der Waals surface area contributed by atoms with E-state index in [2.05, 4.69) is 27.7 Å². The highest BCUT2D eigenvalue weighted by atomic mass is 16.2. The number of urea groups is 1. The molecule has 3 amide bonds. The SMILES string of the molecule is O=C(NC12CC3CC(CC(C3)C1)C2)N1CCC2(CC1)C(=O)NCN2c1ccccc1. The lowest BCUT2D eigenvalue weighted by Crippen LogP contribution is -2.64. The monoisotopic (exact) mass is 408 g/mol. The smallest absolute Gasteiger partial charge is 0.317 e. The fourth-order valence-corrected chi connectivity index (χ4v) is 7.68. The lowest BCUT2D eigenvalue weighted by Gasteiger charge is -2.57. The Morgan fingerprint density at radius 3 is 2.17 bits per heavy atom. The second-order valence-corrected chi connectivity index (χ2v) is 10.6. The number of hydrogen-bond acceptors (Lipinski definition) is 3. The summed E-state index contributed by atoms with van der Waals surface area (Å²) in [7, 11) is 0. The van der Waals surface area contributed by atoms with Gasteiger partial charge in [0.15, 0.2) is 0 Å². The van der Waals surface area contributed by atoms with Gasteiger partial charge < -0.3 is 20.4 Å². The van der Waals surface area contributed by atoms with Crippen LogP contribution in [-0.4, -0.2) is 47.7 Å². The molecule has 0 radical (unpaired) electrons. The molecule has 2 N–H and O–H groups in total. The zero-order chi connectivity index (χ0) is 20.3. The lowest BCUT2D eigenvalue weighted by molar-refractivity contribution is -0.124. The third kappa shape index (κ3) is 2.83. The molecular weight excluding hydrogens is 376 g/mol. The van der Waals surface area contributed by atoms with E-state index in [0.717, 1.165) is 23.4 Å². The summed E-state index contributed by atoms with van der Waals surface area (Å²) in [5.41, 5.74) is 0.586. The van der Waals surface area contributed by atoms with Crippen molar-refractivity contribution in [3.05, 3.63) is 30.3 Å². The van der Waals surface area contributed by atoms with Gasteiger partial charge in [-0.1, -0.05) is 18.2 Å². The second kappa shape index (κ2) is 6.63. The first-order valence-electron chi connectivity index (χ1n) is 11.7. The number of nitrogens with zero attached hydrogens (tertiary/aromatic N) is 2. The first kappa shape index (κ1) is 18.5. The van der Waals surface area contributed by atoms with Crippen LogP contribution in [0, 0.1) is 17.8 Å². The van der Waals surface area contributed by atoms with Crippen molar-refractivity contribution < 1.29 is 9.59 Å². The number of rotatable bonds is 2. The molecule has 4 bridgehead atoms. The molecule has 1 spiro atoms. The van der Waals surface area contributed by atoms with E-state index in [0.29, 0.717) is 32.6 Å². The van der Waals surface area contributed by atoms with Gasteiger partial charge in [-0.05, 0) is 81.3 Å². The number of likely N-dealkylation sites (tertiary alicyclic amines) is 1. The van der Waals surface area contributed by atoms with E-state index in [4.69, 9.17) is 0 Å². The number of amides is 3. The molecule has 30 heavy (non-hydrogen) atoms. The molecule has 2 heterocycles. The molecular formula is C24H32N4O2. The van der Waals surface area contributed by atoms with Gasteiger partial charge in [0.25, 0.3) is 0 Å². The van der Waals surface area contributed by atoms with E-state index in [1.807, 2.05) is 23.1 Å². The van der Waals surface area contributed by atoms with E-state index >= 15 is 0 Å². The molecule has 6 fully saturated rings. The molecule has 0 aromatic heterocycles. The minimum absolute atomic E-state index is 0.0434. The molecule has 4 aliphatic carbocycles. The zero-order valence-electron chi connectivity index (χ0n) is 17.6. The number of benzene rings is 1. The molecule has 6 aliphatic rings. The topological polar surface area (TPSA) is 64.7 Å². The van der Waals surface area contributed by atoms with Crippen LogP contribution in [0.1, 0.15) is 51.4 Å². The third-order valence-corrected chi connectivity index (χ3v) is 8.69. The van der Waals surface area contributed by atoms with Gasteiger partial charge in [-0.2, -0.15) is 0 Å². The molecule has 6 heteroatoms. The summed E-state index contributed by atoms with van der Waals surface area (Å²) in [6.45, 7) is 1.81. The lowest BCUT2D eigenvalue weighted by atomic mass is 9.53. The van der Waals surface area contributed by atoms with Crippen molar-refractivity contribution in [2.24, 2.45) is 17.8 Å². The van der Waals surface area contributed by atoms with Gasteiger partial charge in [0.2, 0.25) is 5.91 Å². The van der Waals surface area contributed by atoms with Crippen molar-refractivity contribution >= 4 is 17.6 Å². The highest BCUT2D eigenvalue weighted by molar-refractivity contribution is 5.93. The maximum atomic E-state index is 13.2. The van der Waals surface area contributed by atoms with Crippen molar-refractivity contribution in [1.82, 2.24) is 15.5 Å².